The van der Waals surface area contributed by atoms with E-state index < -0.39 is 7.12 Å². The van der Waals surface area contributed by atoms with Gasteiger partial charge in [-0.3, -0.25) is 4.79 Å². The zero-order valence-corrected chi connectivity index (χ0v) is 10.2. The van der Waals surface area contributed by atoms with E-state index in [4.69, 9.17) is 10.0 Å². The molecule has 0 aromatic heterocycles. The van der Waals surface area contributed by atoms with Crippen LogP contribution in [0.4, 0.5) is 0 Å². The number of amides is 1. The summed E-state index contributed by atoms with van der Waals surface area (Å²) >= 11 is 0. The molecular formula is C11H22BNO3. The Bertz CT molecular complexity index is 223. The number of hydrogen-bond donors (Lipinski definition) is 2. The molecule has 0 heterocycles. The van der Waals surface area contributed by atoms with Gasteiger partial charge < -0.3 is 14.9 Å². The Labute approximate surface area is 97.8 Å². The van der Waals surface area contributed by atoms with E-state index in [1.165, 1.54) is 0 Å². The van der Waals surface area contributed by atoms with E-state index in [0.717, 1.165) is 38.8 Å². The van der Waals surface area contributed by atoms with Crippen molar-refractivity contribution in [2.75, 3.05) is 13.1 Å². The van der Waals surface area contributed by atoms with Crippen molar-refractivity contribution in [3.63, 3.8) is 0 Å². The number of carbonyl (C=O) groups is 1. The highest BCUT2D eigenvalue weighted by molar-refractivity contribution is 6.43. The van der Waals surface area contributed by atoms with Crippen LogP contribution in [-0.2, 0) is 4.79 Å². The third kappa shape index (κ3) is 3.22. The molecule has 1 rings (SSSR count). The molecule has 0 aromatic rings. The summed E-state index contributed by atoms with van der Waals surface area (Å²) in [5.74, 6) is 0.284. The van der Waals surface area contributed by atoms with Crippen LogP contribution in [0.5, 0.6) is 0 Å². The Morgan fingerprint density at radius 3 is 2.06 bits per heavy atom. The molecule has 1 fully saturated rings. The minimum absolute atomic E-state index is 0.0410. The van der Waals surface area contributed by atoms with Crippen molar-refractivity contribution in [2.45, 2.75) is 45.3 Å². The van der Waals surface area contributed by atoms with E-state index >= 15 is 0 Å². The zero-order valence-electron chi connectivity index (χ0n) is 10.2. The zero-order chi connectivity index (χ0) is 12.1. The van der Waals surface area contributed by atoms with Gasteiger partial charge in [0.2, 0.25) is 5.91 Å². The first-order chi connectivity index (χ1) is 7.60. The van der Waals surface area contributed by atoms with E-state index in [2.05, 4.69) is 0 Å². The standard InChI is InChI=1S/C11H22BNO3/c1-3-13(4-2)11(14)9-5-7-10(8-6-9)12(15)16/h9-10,15-16H,3-8H2,1-2H3. The maximum Gasteiger partial charge on any atom is 0.454 e. The molecule has 0 unspecified atom stereocenters. The van der Waals surface area contributed by atoms with Crippen molar-refractivity contribution in [1.29, 1.82) is 0 Å². The van der Waals surface area contributed by atoms with Gasteiger partial charge in [0.25, 0.3) is 0 Å². The van der Waals surface area contributed by atoms with Gasteiger partial charge >= 0.3 is 7.12 Å². The lowest BCUT2D eigenvalue weighted by Gasteiger charge is -2.30. The highest BCUT2D eigenvalue weighted by Crippen LogP contribution is 2.34. The van der Waals surface area contributed by atoms with Gasteiger partial charge in [-0.2, -0.15) is 0 Å². The Hall–Kier alpha value is -0.545. The first-order valence-corrected chi connectivity index (χ1v) is 6.25. The van der Waals surface area contributed by atoms with Crippen LogP contribution in [0.1, 0.15) is 39.5 Å². The second-order valence-corrected chi connectivity index (χ2v) is 4.54. The molecule has 0 saturated heterocycles. The number of hydrogen-bond acceptors (Lipinski definition) is 3. The van der Waals surface area contributed by atoms with Gasteiger partial charge in [0.15, 0.2) is 0 Å². The van der Waals surface area contributed by atoms with Crippen molar-refractivity contribution in [2.24, 2.45) is 5.92 Å². The molecule has 0 aliphatic heterocycles. The molecule has 1 saturated carbocycles. The monoisotopic (exact) mass is 227 g/mol. The van der Waals surface area contributed by atoms with Crippen LogP contribution in [0.2, 0.25) is 5.82 Å². The Kier molecular flexibility index (Phi) is 5.28. The van der Waals surface area contributed by atoms with E-state index in [9.17, 15) is 4.79 Å². The average molecular weight is 227 g/mol. The lowest BCUT2D eigenvalue weighted by Crippen LogP contribution is -2.38. The van der Waals surface area contributed by atoms with Crippen molar-refractivity contribution in [3.8, 4) is 0 Å². The summed E-state index contributed by atoms with van der Waals surface area (Å²) in [5, 5.41) is 18.1. The topological polar surface area (TPSA) is 60.8 Å². The minimum atomic E-state index is -1.22. The molecule has 0 atom stereocenters. The van der Waals surface area contributed by atoms with Crippen LogP contribution in [-0.4, -0.2) is 41.1 Å². The van der Waals surface area contributed by atoms with Gasteiger partial charge in [0.05, 0.1) is 0 Å². The average Bonchev–Trinajstić information content (AvgIpc) is 2.30. The van der Waals surface area contributed by atoms with Gasteiger partial charge in [-0.1, -0.05) is 12.8 Å². The van der Waals surface area contributed by atoms with Gasteiger partial charge in [-0.25, -0.2) is 0 Å². The van der Waals surface area contributed by atoms with Crippen molar-refractivity contribution < 1.29 is 14.8 Å². The molecule has 0 bridgehead atoms. The van der Waals surface area contributed by atoms with Crippen LogP contribution in [0.3, 0.4) is 0 Å². The van der Waals surface area contributed by atoms with E-state index in [1.54, 1.807) is 0 Å². The molecular weight excluding hydrogens is 205 g/mol. The van der Waals surface area contributed by atoms with E-state index in [1.807, 2.05) is 18.7 Å². The Morgan fingerprint density at radius 1 is 1.19 bits per heavy atom. The highest BCUT2D eigenvalue weighted by atomic mass is 16.4. The highest BCUT2D eigenvalue weighted by Gasteiger charge is 2.33. The molecule has 16 heavy (non-hydrogen) atoms. The molecule has 0 aromatic carbocycles. The van der Waals surface area contributed by atoms with Crippen LogP contribution >= 0.6 is 0 Å². The Morgan fingerprint density at radius 2 is 1.69 bits per heavy atom. The van der Waals surface area contributed by atoms with Gasteiger partial charge in [0, 0.05) is 19.0 Å². The van der Waals surface area contributed by atoms with Crippen LogP contribution in [0.15, 0.2) is 0 Å². The predicted octanol–water partition coefficient (Wildman–Crippen LogP) is 0.888. The molecule has 0 radical (unpaired) electrons. The van der Waals surface area contributed by atoms with Crippen molar-refractivity contribution in [3.05, 3.63) is 0 Å². The fraction of sp³-hybridized carbons (Fsp3) is 0.909. The summed E-state index contributed by atoms with van der Waals surface area (Å²) in [6, 6.07) is 0. The molecule has 1 amide bonds. The molecule has 92 valence electrons. The van der Waals surface area contributed by atoms with Crippen LogP contribution in [0.25, 0.3) is 0 Å². The molecule has 1 aliphatic rings. The first-order valence-electron chi connectivity index (χ1n) is 6.25. The lowest BCUT2D eigenvalue weighted by atomic mass is 9.63. The maximum absolute atomic E-state index is 12.0. The number of rotatable bonds is 4. The first kappa shape index (κ1) is 13.5. The van der Waals surface area contributed by atoms with Crippen molar-refractivity contribution in [1.82, 2.24) is 4.90 Å². The molecule has 2 N–H and O–H groups in total. The van der Waals surface area contributed by atoms with Gasteiger partial charge in [-0.15, -0.1) is 0 Å². The van der Waals surface area contributed by atoms with Crippen LogP contribution < -0.4 is 0 Å². The predicted molar refractivity (Wildman–Crippen MR) is 63.8 cm³/mol. The van der Waals surface area contributed by atoms with Crippen molar-refractivity contribution >= 4 is 13.0 Å². The van der Waals surface area contributed by atoms with Crippen LogP contribution in [0, 0.1) is 5.92 Å². The second-order valence-electron chi connectivity index (χ2n) is 4.54. The summed E-state index contributed by atoms with van der Waals surface area (Å²) in [6.45, 7) is 5.50. The maximum atomic E-state index is 12.0. The summed E-state index contributed by atoms with van der Waals surface area (Å²) in [6.07, 6.45) is 3.07. The van der Waals surface area contributed by atoms with E-state index in [0.29, 0.717) is 0 Å². The summed E-state index contributed by atoms with van der Waals surface area (Å²) in [7, 11) is -1.22. The smallest absolute Gasteiger partial charge is 0.427 e. The summed E-state index contributed by atoms with van der Waals surface area (Å²) in [4.78, 5) is 13.9. The number of nitrogens with zero attached hydrogens (tertiary/aromatic N) is 1. The molecule has 4 nitrogen and oxygen atoms in total. The fourth-order valence-electron chi connectivity index (χ4n) is 2.46. The fourth-order valence-corrected chi connectivity index (χ4v) is 2.46. The third-order valence-electron chi connectivity index (χ3n) is 3.62. The third-order valence-corrected chi connectivity index (χ3v) is 3.62. The van der Waals surface area contributed by atoms with Gasteiger partial charge in [-0.05, 0) is 32.5 Å². The van der Waals surface area contributed by atoms with E-state index in [-0.39, 0.29) is 17.6 Å². The molecule has 1 aliphatic carbocycles. The minimum Gasteiger partial charge on any atom is -0.427 e. The quantitative estimate of drug-likeness (QED) is 0.701. The lowest BCUT2D eigenvalue weighted by molar-refractivity contribution is -0.136. The summed E-state index contributed by atoms with van der Waals surface area (Å²) in [5.41, 5.74) is 0. The SMILES string of the molecule is CCN(CC)C(=O)C1CCC(B(O)O)CC1. The normalized spacial score (nSPS) is 25.2. The largest absolute Gasteiger partial charge is 0.454 e. The summed E-state index contributed by atoms with van der Waals surface area (Å²) < 4.78 is 0. The Balaban J connectivity index is 2.44. The van der Waals surface area contributed by atoms with Gasteiger partial charge in [0.1, 0.15) is 0 Å². The molecule has 5 heteroatoms. The molecule has 0 spiro atoms. The second kappa shape index (κ2) is 6.25. The number of carbonyl (C=O) groups excluding carboxylic acids is 1.